The molecule has 0 aliphatic rings. The van der Waals surface area contributed by atoms with Crippen molar-refractivity contribution in [2.24, 2.45) is 0 Å². The van der Waals surface area contributed by atoms with Crippen LogP contribution in [0.2, 0.25) is 0 Å². The Balaban J connectivity index is 3.27. The van der Waals surface area contributed by atoms with Crippen LogP contribution < -0.4 is 0 Å². The maximum absolute atomic E-state index is 12.5. The Labute approximate surface area is 107 Å². The van der Waals surface area contributed by atoms with E-state index in [1.54, 1.807) is 32.9 Å². The lowest BCUT2D eigenvalue weighted by Gasteiger charge is -2.17. The van der Waals surface area contributed by atoms with E-state index in [0.29, 0.717) is 11.3 Å². The van der Waals surface area contributed by atoms with E-state index in [2.05, 4.69) is 0 Å². The van der Waals surface area contributed by atoms with Gasteiger partial charge in [0.05, 0.1) is 19.5 Å². The zero-order valence-corrected chi connectivity index (χ0v) is 11.6. The van der Waals surface area contributed by atoms with Crippen LogP contribution in [0.15, 0.2) is 28.1 Å². The fraction of sp³-hybridized carbons (Fsp3) is 0.417. The summed E-state index contributed by atoms with van der Waals surface area (Å²) in [5.74, 6) is 0.478. The highest BCUT2D eigenvalue weighted by atomic mass is 31.2. The summed E-state index contributed by atoms with van der Waals surface area (Å²) in [5.41, 5.74) is 0.465. The first-order valence-electron chi connectivity index (χ1n) is 5.63. The summed E-state index contributed by atoms with van der Waals surface area (Å²) in [7, 11) is -3.57. The van der Waals surface area contributed by atoms with Crippen LogP contribution in [-0.2, 0) is 13.6 Å². The third-order valence-corrected chi connectivity index (χ3v) is 4.40. The molecule has 0 saturated heterocycles. The van der Waals surface area contributed by atoms with Crippen LogP contribution in [0.1, 0.15) is 26.5 Å². The quantitative estimate of drug-likeness (QED) is 0.580. The van der Waals surface area contributed by atoms with Crippen molar-refractivity contribution in [3.63, 3.8) is 0 Å². The summed E-state index contributed by atoms with van der Waals surface area (Å²) < 4.78 is 28.0. The van der Waals surface area contributed by atoms with Crippen LogP contribution in [-0.4, -0.2) is 13.2 Å². The van der Waals surface area contributed by atoms with Gasteiger partial charge in [0.15, 0.2) is 0 Å². The summed E-state index contributed by atoms with van der Waals surface area (Å²) in [6.07, 6.45) is 1.49. The molecule has 0 bridgehead atoms. The van der Waals surface area contributed by atoms with Crippen LogP contribution in [0.3, 0.4) is 0 Å². The minimum atomic E-state index is -3.57. The molecule has 0 radical (unpaired) electrons. The molecule has 5 nitrogen and oxygen atoms in total. The van der Waals surface area contributed by atoms with Gasteiger partial charge >= 0.3 is 7.60 Å². The molecule has 0 fully saturated rings. The number of nitrogens with zero attached hydrogens (tertiary/aromatic N) is 1. The molecule has 6 heteroatoms. The average Bonchev–Trinajstić information content (AvgIpc) is 2.83. The molecule has 1 heterocycles. The van der Waals surface area contributed by atoms with E-state index >= 15 is 0 Å². The zero-order chi connectivity index (χ0) is 13.6. The zero-order valence-electron chi connectivity index (χ0n) is 10.7. The Morgan fingerprint density at radius 1 is 1.44 bits per heavy atom. The van der Waals surface area contributed by atoms with Gasteiger partial charge in [-0.05, 0) is 32.9 Å². The minimum Gasteiger partial charge on any atom is -0.465 e. The molecule has 0 aliphatic carbocycles. The largest absolute Gasteiger partial charge is 0.465 e. The number of hydrogen-bond donors (Lipinski definition) is 0. The first kappa shape index (κ1) is 14.7. The Morgan fingerprint density at radius 2 is 2.06 bits per heavy atom. The number of nitriles is 1. The Morgan fingerprint density at radius 3 is 2.44 bits per heavy atom. The lowest BCUT2D eigenvalue weighted by Crippen LogP contribution is -1.99. The van der Waals surface area contributed by atoms with Gasteiger partial charge in [-0.3, -0.25) is 4.57 Å². The molecular weight excluding hydrogens is 253 g/mol. The van der Waals surface area contributed by atoms with Crippen LogP contribution in [0, 0.1) is 11.3 Å². The van der Waals surface area contributed by atoms with Crippen molar-refractivity contribution in [1.82, 2.24) is 0 Å². The third-order valence-electron chi connectivity index (χ3n) is 2.22. The second-order valence-electron chi connectivity index (χ2n) is 3.40. The molecule has 98 valence electrons. The fourth-order valence-electron chi connectivity index (χ4n) is 1.47. The summed E-state index contributed by atoms with van der Waals surface area (Å²) >= 11 is 0. The molecular formula is C12H16NO4P. The van der Waals surface area contributed by atoms with Gasteiger partial charge in [0.1, 0.15) is 17.1 Å². The van der Waals surface area contributed by atoms with Crippen LogP contribution in [0.4, 0.5) is 0 Å². The second-order valence-corrected chi connectivity index (χ2v) is 5.35. The molecule has 0 aromatic carbocycles. The highest BCUT2D eigenvalue weighted by molar-refractivity contribution is 7.59. The van der Waals surface area contributed by atoms with Crippen molar-refractivity contribution in [2.45, 2.75) is 20.8 Å². The van der Waals surface area contributed by atoms with Gasteiger partial charge in [0.2, 0.25) is 0 Å². The maximum atomic E-state index is 12.5. The Bertz CT molecular complexity index is 489. The molecule has 0 saturated carbocycles. The van der Waals surface area contributed by atoms with Crippen molar-refractivity contribution in [2.75, 3.05) is 13.2 Å². The lowest BCUT2D eigenvalue weighted by molar-refractivity contribution is 0.227. The van der Waals surface area contributed by atoms with Crippen molar-refractivity contribution in [3.8, 4) is 6.07 Å². The lowest BCUT2D eigenvalue weighted by atomic mass is 10.2. The van der Waals surface area contributed by atoms with Gasteiger partial charge in [-0.1, -0.05) is 0 Å². The average molecular weight is 269 g/mol. The molecule has 0 atom stereocenters. The van der Waals surface area contributed by atoms with Crippen LogP contribution in [0.25, 0.3) is 5.57 Å². The van der Waals surface area contributed by atoms with Crippen LogP contribution in [0.5, 0.6) is 0 Å². The predicted molar refractivity (Wildman–Crippen MR) is 67.8 cm³/mol. The SMILES string of the molecule is CCOP(=O)(OCC)/C(C#N)=C(\C)c1ccco1. The molecule has 0 unspecified atom stereocenters. The normalized spacial score (nSPS) is 13.0. The summed E-state index contributed by atoms with van der Waals surface area (Å²) in [4.78, 5) is 0. The molecule has 1 aromatic heterocycles. The summed E-state index contributed by atoms with van der Waals surface area (Å²) in [6, 6.07) is 5.29. The van der Waals surface area contributed by atoms with Crippen molar-refractivity contribution < 1.29 is 18.0 Å². The third kappa shape index (κ3) is 3.11. The Kier molecular flexibility index (Phi) is 5.36. The van der Waals surface area contributed by atoms with E-state index in [9.17, 15) is 9.83 Å². The van der Waals surface area contributed by atoms with Gasteiger partial charge in [0.25, 0.3) is 0 Å². The van der Waals surface area contributed by atoms with Gasteiger partial charge in [0, 0.05) is 5.57 Å². The van der Waals surface area contributed by atoms with Crippen molar-refractivity contribution >= 4 is 13.2 Å². The van der Waals surface area contributed by atoms with Gasteiger partial charge in [-0.25, -0.2) is 0 Å². The Hall–Kier alpha value is -1.34. The summed E-state index contributed by atoms with van der Waals surface area (Å²) in [5, 5.41) is 9.19. The van der Waals surface area contributed by atoms with E-state index in [-0.39, 0.29) is 18.5 Å². The minimum absolute atomic E-state index is 0.0128. The van der Waals surface area contributed by atoms with E-state index in [1.807, 2.05) is 6.07 Å². The molecule has 0 spiro atoms. The number of hydrogen-bond acceptors (Lipinski definition) is 5. The predicted octanol–water partition coefficient (Wildman–Crippen LogP) is 3.80. The van der Waals surface area contributed by atoms with E-state index in [1.165, 1.54) is 6.26 Å². The molecule has 18 heavy (non-hydrogen) atoms. The summed E-state index contributed by atoms with van der Waals surface area (Å²) in [6.45, 7) is 5.45. The molecule has 0 N–H and O–H groups in total. The van der Waals surface area contributed by atoms with Crippen LogP contribution >= 0.6 is 7.60 Å². The van der Waals surface area contributed by atoms with E-state index in [4.69, 9.17) is 13.5 Å². The first-order chi connectivity index (χ1) is 8.59. The number of rotatable bonds is 6. The number of furan rings is 1. The second kappa shape index (κ2) is 6.55. The van der Waals surface area contributed by atoms with Crippen molar-refractivity contribution in [1.29, 1.82) is 5.26 Å². The molecule has 0 amide bonds. The smallest absolute Gasteiger partial charge is 0.372 e. The topological polar surface area (TPSA) is 72.5 Å². The highest BCUT2D eigenvalue weighted by Gasteiger charge is 2.32. The molecule has 1 aromatic rings. The standard InChI is InChI=1S/C12H16NO4P/c1-4-16-18(14,17-5-2)12(9-13)10(3)11-7-6-8-15-11/h6-8H,4-5H2,1-3H3/b12-10+. The fourth-order valence-corrected chi connectivity index (χ4v) is 3.12. The maximum Gasteiger partial charge on any atom is 0.372 e. The first-order valence-corrected chi connectivity index (χ1v) is 7.17. The van der Waals surface area contributed by atoms with Crippen molar-refractivity contribution in [3.05, 3.63) is 29.5 Å². The van der Waals surface area contributed by atoms with E-state index < -0.39 is 7.60 Å². The number of allylic oxidation sites excluding steroid dienone is 2. The van der Waals surface area contributed by atoms with Gasteiger partial charge in [-0.2, -0.15) is 5.26 Å². The molecule has 0 aliphatic heterocycles. The highest BCUT2D eigenvalue weighted by Crippen LogP contribution is 2.57. The van der Waals surface area contributed by atoms with Gasteiger partial charge in [-0.15, -0.1) is 0 Å². The van der Waals surface area contributed by atoms with Gasteiger partial charge < -0.3 is 13.5 Å². The molecule has 1 rings (SSSR count). The van der Waals surface area contributed by atoms with E-state index in [0.717, 1.165) is 0 Å². The monoisotopic (exact) mass is 269 g/mol.